The molecule has 1 atom stereocenters. The summed E-state index contributed by atoms with van der Waals surface area (Å²) in [6.07, 6.45) is 3.32. The highest BCUT2D eigenvalue weighted by Crippen LogP contribution is 2.11. The number of aromatic nitrogens is 3. The average molecular weight is 279 g/mol. The lowest BCUT2D eigenvalue weighted by Gasteiger charge is -2.16. The Kier molecular flexibility index (Phi) is 5.07. The summed E-state index contributed by atoms with van der Waals surface area (Å²) < 4.78 is 1.97. The Hall–Kier alpha value is -1.24. The van der Waals surface area contributed by atoms with Crippen molar-refractivity contribution in [3.05, 3.63) is 34.5 Å². The van der Waals surface area contributed by atoms with E-state index >= 15 is 0 Å². The van der Waals surface area contributed by atoms with Gasteiger partial charge < -0.3 is 0 Å². The van der Waals surface area contributed by atoms with Crippen LogP contribution in [0.1, 0.15) is 25.2 Å². The number of hydrogen-bond acceptors (Lipinski definition) is 5. The fourth-order valence-electron chi connectivity index (χ4n) is 2.05. The maximum absolute atomic E-state index is 5.65. The molecular weight excluding hydrogens is 258 g/mol. The largest absolute Gasteiger partial charge is 0.271 e. The van der Waals surface area contributed by atoms with Crippen LogP contribution in [0.25, 0.3) is 0 Å². The van der Waals surface area contributed by atoms with Gasteiger partial charge in [0, 0.05) is 19.0 Å². The fraction of sp³-hybridized carbons (Fsp3) is 0.538. The van der Waals surface area contributed by atoms with Crippen LogP contribution in [0.5, 0.6) is 0 Å². The second kappa shape index (κ2) is 6.79. The topological polar surface area (TPSA) is 68.8 Å². The molecule has 0 bridgehead atoms. The molecule has 5 nitrogen and oxygen atoms in total. The fourth-order valence-corrected chi connectivity index (χ4v) is 2.73. The predicted molar refractivity (Wildman–Crippen MR) is 77.7 cm³/mol. The molecule has 19 heavy (non-hydrogen) atoms. The second-order valence-electron chi connectivity index (χ2n) is 5.16. The third-order valence-corrected chi connectivity index (χ3v) is 3.69. The third-order valence-electron chi connectivity index (χ3n) is 2.96. The minimum absolute atomic E-state index is 0.185. The Bertz CT molecular complexity index is 477. The number of nitrogens with two attached hydrogens (primary N) is 1. The molecule has 2 rings (SSSR count). The van der Waals surface area contributed by atoms with E-state index in [2.05, 4.69) is 46.2 Å². The van der Waals surface area contributed by atoms with Gasteiger partial charge in [0.05, 0.1) is 0 Å². The smallest absolute Gasteiger partial charge is 0.138 e. The highest BCUT2D eigenvalue weighted by Gasteiger charge is 2.14. The summed E-state index contributed by atoms with van der Waals surface area (Å²) >= 11 is 1.71. The van der Waals surface area contributed by atoms with E-state index in [4.69, 9.17) is 5.84 Å². The Balaban J connectivity index is 2.00. The van der Waals surface area contributed by atoms with E-state index in [9.17, 15) is 0 Å². The summed E-state index contributed by atoms with van der Waals surface area (Å²) in [5.41, 5.74) is 4.19. The molecule has 0 aliphatic carbocycles. The lowest BCUT2D eigenvalue weighted by molar-refractivity contribution is 0.441. The third kappa shape index (κ3) is 4.12. The first-order valence-electron chi connectivity index (χ1n) is 6.53. The molecule has 2 aromatic rings. The van der Waals surface area contributed by atoms with Gasteiger partial charge in [-0.25, -0.2) is 9.67 Å². The van der Waals surface area contributed by atoms with Crippen LogP contribution in [0, 0.1) is 5.92 Å². The van der Waals surface area contributed by atoms with Crippen molar-refractivity contribution in [1.29, 1.82) is 0 Å². The molecule has 0 saturated heterocycles. The molecule has 1 unspecified atom stereocenters. The Morgan fingerprint density at radius 3 is 2.89 bits per heavy atom. The van der Waals surface area contributed by atoms with E-state index in [1.165, 1.54) is 5.56 Å². The maximum Gasteiger partial charge on any atom is 0.138 e. The standard InChI is InChI=1S/C13H21N5S/c1-10(2)7-18-13(15-9-16-18)6-12(17-14)5-11-3-4-19-8-11/h3-4,8-10,12,17H,5-7,14H2,1-2H3. The van der Waals surface area contributed by atoms with E-state index in [-0.39, 0.29) is 6.04 Å². The summed E-state index contributed by atoms with van der Waals surface area (Å²) in [7, 11) is 0. The number of thiophene rings is 1. The molecule has 104 valence electrons. The van der Waals surface area contributed by atoms with Gasteiger partial charge in [0.25, 0.3) is 0 Å². The summed E-state index contributed by atoms with van der Waals surface area (Å²) in [6.45, 7) is 5.25. The molecule has 0 aromatic carbocycles. The molecular formula is C13H21N5S. The first kappa shape index (κ1) is 14.2. The summed E-state index contributed by atoms with van der Waals surface area (Å²) in [5.74, 6) is 7.20. The Morgan fingerprint density at radius 1 is 1.42 bits per heavy atom. The van der Waals surface area contributed by atoms with Gasteiger partial charge in [-0.05, 0) is 34.7 Å². The Labute approximate surface area is 117 Å². The quantitative estimate of drug-likeness (QED) is 0.597. The van der Waals surface area contributed by atoms with Gasteiger partial charge in [0.1, 0.15) is 12.2 Å². The van der Waals surface area contributed by atoms with E-state index < -0.39 is 0 Å². The predicted octanol–water partition coefficient (Wildman–Crippen LogP) is 1.61. The van der Waals surface area contributed by atoms with Crippen molar-refractivity contribution in [2.75, 3.05) is 0 Å². The van der Waals surface area contributed by atoms with Gasteiger partial charge in [0.2, 0.25) is 0 Å². The molecule has 2 aromatic heterocycles. The normalized spacial score (nSPS) is 13.1. The van der Waals surface area contributed by atoms with Crippen LogP contribution in [-0.4, -0.2) is 20.8 Å². The zero-order valence-corrected chi connectivity index (χ0v) is 12.2. The minimum Gasteiger partial charge on any atom is -0.271 e. The average Bonchev–Trinajstić information content (AvgIpc) is 3.00. The molecule has 0 radical (unpaired) electrons. The number of nitrogens with zero attached hydrogens (tertiary/aromatic N) is 3. The highest BCUT2D eigenvalue weighted by atomic mass is 32.1. The van der Waals surface area contributed by atoms with Gasteiger partial charge in [-0.15, -0.1) is 0 Å². The van der Waals surface area contributed by atoms with Crippen molar-refractivity contribution in [2.24, 2.45) is 11.8 Å². The molecule has 0 aliphatic rings. The molecule has 6 heteroatoms. The van der Waals surface area contributed by atoms with Gasteiger partial charge in [-0.3, -0.25) is 11.3 Å². The van der Waals surface area contributed by atoms with E-state index in [0.717, 1.165) is 25.2 Å². The van der Waals surface area contributed by atoms with E-state index in [1.54, 1.807) is 17.7 Å². The summed E-state index contributed by atoms with van der Waals surface area (Å²) in [5, 5.41) is 8.52. The summed E-state index contributed by atoms with van der Waals surface area (Å²) in [6, 6.07) is 2.32. The van der Waals surface area contributed by atoms with Crippen molar-refractivity contribution in [1.82, 2.24) is 20.2 Å². The zero-order valence-electron chi connectivity index (χ0n) is 11.4. The SMILES string of the molecule is CC(C)Cn1ncnc1CC(Cc1ccsc1)NN. The molecule has 2 heterocycles. The van der Waals surface area contributed by atoms with Crippen LogP contribution < -0.4 is 11.3 Å². The second-order valence-corrected chi connectivity index (χ2v) is 5.94. The minimum atomic E-state index is 0.185. The molecule has 3 N–H and O–H groups in total. The number of hydrazine groups is 1. The van der Waals surface area contributed by atoms with E-state index in [1.807, 2.05) is 4.68 Å². The van der Waals surface area contributed by atoms with Crippen LogP contribution >= 0.6 is 11.3 Å². The van der Waals surface area contributed by atoms with Gasteiger partial charge in [-0.2, -0.15) is 16.4 Å². The van der Waals surface area contributed by atoms with Crippen LogP contribution in [0.15, 0.2) is 23.2 Å². The molecule has 0 aliphatic heterocycles. The molecule has 0 saturated carbocycles. The Morgan fingerprint density at radius 2 is 2.26 bits per heavy atom. The van der Waals surface area contributed by atoms with Crippen molar-refractivity contribution in [2.45, 2.75) is 39.3 Å². The zero-order chi connectivity index (χ0) is 13.7. The van der Waals surface area contributed by atoms with E-state index in [0.29, 0.717) is 5.92 Å². The number of nitrogens with one attached hydrogen (secondary N) is 1. The summed E-state index contributed by atoms with van der Waals surface area (Å²) in [4.78, 5) is 4.35. The monoisotopic (exact) mass is 279 g/mol. The van der Waals surface area contributed by atoms with Crippen molar-refractivity contribution < 1.29 is 0 Å². The molecule has 0 amide bonds. The van der Waals surface area contributed by atoms with Crippen molar-refractivity contribution in [3.63, 3.8) is 0 Å². The van der Waals surface area contributed by atoms with Crippen LogP contribution in [-0.2, 0) is 19.4 Å². The highest BCUT2D eigenvalue weighted by molar-refractivity contribution is 7.07. The number of hydrogen-bond donors (Lipinski definition) is 2. The first-order chi connectivity index (χ1) is 9.19. The van der Waals surface area contributed by atoms with Gasteiger partial charge in [-0.1, -0.05) is 13.8 Å². The lowest BCUT2D eigenvalue weighted by atomic mass is 10.1. The number of rotatable bonds is 7. The molecule has 0 spiro atoms. The van der Waals surface area contributed by atoms with Crippen molar-refractivity contribution in [3.8, 4) is 0 Å². The first-order valence-corrected chi connectivity index (χ1v) is 7.47. The van der Waals surface area contributed by atoms with Crippen molar-refractivity contribution >= 4 is 11.3 Å². The lowest BCUT2D eigenvalue weighted by Crippen LogP contribution is -2.39. The molecule has 0 fully saturated rings. The van der Waals surface area contributed by atoms with Gasteiger partial charge >= 0.3 is 0 Å². The van der Waals surface area contributed by atoms with Crippen LogP contribution in [0.3, 0.4) is 0 Å². The maximum atomic E-state index is 5.65. The van der Waals surface area contributed by atoms with Crippen LogP contribution in [0.4, 0.5) is 0 Å². The van der Waals surface area contributed by atoms with Gasteiger partial charge in [0.15, 0.2) is 0 Å². The van der Waals surface area contributed by atoms with Crippen LogP contribution in [0.2, 0.25) is 0 Å².